The third kappa shape index (κ3) is 7.42. The van der Waals surface area contributed by atoms with Crippen molar-refractivity contribution in [3.63, 3.8) is 0 Å². The summed E-state index contributed by atoms with van der Waals surface area (Å²) in [7, 11) is 1.35. The molecule has 0 fully saturated rings. The van der Waals surface area contributed by atoms with Gasteiger partial charge in [0.15, 0.2) is 11.3 Å². The van der Waals surface area contributed by atoms with Gasteiger partial charge in [-0.2, -0.15) is 13.2 Å². The maximum atomic E-state index is 13.1. The summed E-state index contributed by atoms with van der Waals surface area (Å²) in [5, 5.41) is 5.93. The van der Waals surface area contributed by atoms with Crippen LogP contribution >= 0.6 is 0 Å². The van der Waals surface area contributed by atoms with Gasteiger partial charge in [-0.05, 0) is 37.8 Å². The van der Waals surface area contributed by atoms with Crippen molar-refractivity contribution in [1.82, 2.24) is 10.5 Å². The Balaban J connectivity index is 1.79. The van der Waals surface area contributed by atoms with E-state index in [1.807, 2.05) is 6.92 Å². The van der Waals surface area contributed by atoms with Crippen LogP contribution in [0.5, 0.6) is 5.75 Å². The second-order valence-corrected chi connectivity index (χ2v) is 7.39. The van der Waals surface area contributed by atoms with Crippen LogP contribution in [0.3, 0.4) is 0 Å². The first-order valence-electron chi connectivity index (χ1n) is 10.7. The maximum Gasteiger partial charge on any atom is 0.437 e. The molecule has 0 spiro atoms. The highest BCUT2D eigenvalue weighted by Gasteiger charge is 2.37. The highest BCUT2D eigenvalue weighted by atomic mass is 19.4. The van der Waals surface area contributed by atoms with Crippen molar-refractivity contribution < 1.29 is 36.8 Å². The SMILES string of the molecule is CCCc1c(OCCCC(=O)NCCCCCC(=O)OC)ccc2c(C(F)(F)F)noc12. The number of carbonyl (C=O) groups excluding carboxylic acids is 2. The van der Waals surface area contributed by atoms with Gasteiger partial charge >= 0.3 is 12.1 Å². The number of nitrogens with zero attached hydrogens (tertiary/aromatic N) is 1. The van der Waals surface area contributed by atoms with E-state index in [0.29, 0.717) is 43.5 Å². The first-order valence-corrected chi connectivity index (χ1v) is 10.7. The number of methoxy groups -OCH3 is 1. The number of ether oxygens (including phenoxy) is 2. The third-order valence-electron chi connectivity index (χ3n) is 4.88. The van der Waals surface area contributed by atoms with Crippen LogP contribution in [0.4, 0.5) is 13.2 Å². The lowest BCUT2D eigenvalue weighted by Crippen LogP contribution is -2.24. The van der Waals surface area contributed by atoms with E-state index in [-0.39, 0.29) is 35.9 Å². The molecule has 2 rings (SSSR count). The van der Waals surface area contributed by atoms with Crippen LogP contribution in [0.25, 0.3) is 11.0 Å². The van der Waals surface area contributed by atoms with Crippen molar-refractivity contribution in [2.45, 2.75) is 64.5 Å². The summed E-state index contributed by atoms with van der Waals surface area (Å²) in [5.74, 6) is 0.102. The van der Waals surface area contributed by atoms with E-state index >= 15 is 0 Å². The van der Waals surface area contributed by atoms with Crippen LogP contribution in [0.15, 0.2) is 16.7 Å². The monoisotopic (exact) mass is 458 g/mol. The molecule has 2 aromatic rings. The lowest BCUT2D eigenvalue weighted by Gasteiger charge is -2.12. The number of unbranched alkanes of at least 4 members (excludes halogenated alkanes) is 2. The summed E-state index contributed by atoms with van der Waals surface area (Å²) in [6, 6.07) is 2.80. The second kappa shape index (κ2) is 12.3. The summed E-state index contributed by atoms with van der Waals surface area (Å²) in [6.07, 6.45) is 0.00226. The number of alkyl halides is 3. The Morgan fingerprint density at radius 3 is 2.59 bits per heavy atom. The van der Waals surface area contributed by atoms with E-state index in [2.05, 4.69) is 15.2 Å². The van der Waals surface area contributed by atoms with Crippen LogP contribution in [0.1, 0.15) is 63.1 Å². The average molecular weight is 458 g/mol. The molecule has 0 radical (unpaired) electrons. The Labute approximate surface area is 184 Å². The summed E-state index contributed by atoms with van der Waals surface area (Å²) >= 11 is 0. The lowest BCUT2D eigenvalue weighted by molar-refractivity contribution is -0.142. The number of aromatic nitrogens is 1. The molecule has 1 amide bonds. The van der Waals surface area contributed by atoms with Gasteiger partial charge in [0.2, 0.25) is 5.91 Å². The summed E-state index contributed by atoms with van der Waals surface area (Å²) in [4.78, 5) is 22.9. The molecule has 10 heteroatoms. The second-order valence-electron chi connectivity index (χ2n) is 7.39. The number of carbonyl (C=O) groups is 2. The zero-order chi connectivity index (χ0) is 23.6. The minimum atomic E-state index is -4.59. The van der Waals surface area contributed by atoms with Gasteiger partial charge in [-0.25, -0.2) is 0 Å². The molecule has 7 nitrogen and oxygen atoms in total. The zero-order valence-corrected chi connectivity index (χ0v) is 18.3. The molecule has 0 aliphatic rings. The van der Waals surface area contributed by atoms with Crippen LogP contribution in [0, 0.1) is 0 Å². The Bertz CT molecular complexity index is 896. The minimum Gasteiger partial charge on any atom is -0.493 e. The van der Waals surface area contributed by atoms with Gasteiger partial charge in [-0.3, -0.25) is 9.59 Å². The molecule has 0 saturated carbocycles. The topological polar surface area (TPSA) is 90.7 Å². The molecule has 0 atom stereocenters. The summed E-state index contributed by atoms with van der Waals surface area (Å²) in [6.45, 7) is 2.68. The molecule has 0 aliphatic heterocycles. The molecule has 0 saturated heterocycles. The van der Waals surface area contributed by atoms with Crippen LogP contribution in [-0.2, 0) is 26.9 Å². The molecule has 0 aliphatic carbocycles. The van der Waals surface area contributed by atoms with Gasteiger partial charge in [0.25, 0.3) is 0 Å². The Morgan fingerprint density at radius 2 is 1.91 bits per heavy atom. The Kier molecular flexibility index (Phi) is 9.80. The molecule has 1 aromatic heterocycles. The molecular formula is C22H29F3N2O5. The lowest BCUT2D eigenvalue weighted by atomic mass is 10.0. The number of aryl methyl sites for hydroxylation is 1. The number of benzene rings is 1. The van der Waals surface area contributed by atoms with E-state index in [9.17, 15) is 22.8 Å². The molecule has 32 heavy (non-hydrogen) atoms. The fourth-order valence-electron chi connectivity index (χ4n) is 3.27. The molecule has 1 aromatic carbocycles. The van der Waals surface area contributed by atoms with E-state index < -0.39 is 11.9 Å². The van der Waals surface area contributed by atoms with Gasteiger partial charge < -0.3 is 19.3 Å². The number of hydrogen-bond donors (Lipinski definition) is 1. The van der Waals surface area contributed by atoms with Crippen molar-refractivity contribution in [2.75, 3.05) is 20.3 Å². The fraction of sp³-hybridized carbons (Fsp3) is 0.591. The van der Waals surface area contributed by atoms with Gasteiger partial charge in [0, 0.05) is 24.9 Å². The number of halogens is 3. The quantitative estimate of drug-likeness (QED) is 0.342. The molecule has 1 N–H and O–H groups in total. The molecule has 178 valence electrons. The smallest absolute Gasteiger partial charge is 0.437 e. The Hall–Kier alpha value is -2.78. The molecular weight excluding hydrogens is 429 g/mol. The summed E-state index contributed by atoms with van der Waals surface area (Å²) < 4.78 is 54.5. The molecule has 1 heterocycles. The number of esters is 1. The predicted molar refractivity (Wildman–Crippen MR) is 111 cm³/mol. The number of fused-ring (bicyclic) bond motifs is 1. The number of rotatable bonds is 13. The Morgan fingerprint density at radius 1 is 1.12 bits per heavy atom. The van der Waals surface area contributed by atoms with Crippen molar-refractivity contribution in [1.29, 1.82) is 0 Å². The first kappa shape index (κ1) is 25.5. The summed E-state index contributed by atoms with van der Waals surface area (Å²) in [5.41, 5.74) is -0.413. The minimum absolute atomic E-state index is 0.0840. The highest BCUT2D eigenvalue weighted by molar-refractivity contribution is 5.85. The van der Waals surface area contributed by atoms with E-state index in [4.69, 9.17) is 9.26 Å². The molecule has 0 unspecified atom stereocenters. The van der Waals surface area contributed by atoms with Crippen LogP contribution in [-0.4, -0.2) is 37.3 Å². The predicted octanol–water partition coefficient (Wildman–Crippen LogP) is 4.81. The van der Waals surface area contributed by atoms with Crippen molar-refractivity contribution >= 4 is 22.8 Å². The van der Waals surface area contributed by atoms with Crippen LogP contribution in [0.2, 0.25) is 0 Å². The third-order valence-corrected chi connectivity index (χ3v) is 4.88. The van der Waals surface area contributed by atoms with Crippen molar-refractivity contribution in [3.8, 4) is 5.75 Å². The zero-order valence-electron chi connectivity index (χ0n) is 18.3. The fourth-order valence-corrected chi connectivity index (χ4v) is 3.27. The van der Waals surface area contributed by atoms with Gasteiger partial charge in [0.05, 0.1) is 19.1 Å². The standard InChI is InChI=1S/C22H29F3N2O5/c1-3-8-15-17(12-11-16-20(15)32-27-21(16)22(23,24)25)31-14-7-9-18(28)26-13-6-4-5-10-19(29)30-2/h11-12H,3-10,13-14H2,1-2H3,(H,26,28). The van der Waals surface area contributed by atoms with Crippen molar-refractivity contribution in [2.24, 2.45) is 0 Å². The van der Waals surface area contributed by atoms with Crippen molar-refractivity contribution in [3.05, 3.63) is 23.4 Å². The van der Waals surface area contributed by atoms with E-state index in [1.54, 1.807) is 0 Å². The van der Waals surface area contributed by atoms with E-state index in [0.717, 1.165) is 19.3 Å². The highest BCUT2D eigenvalue weighted by Crippen LogP contribution is 2.38. The number of nitrogens with one attached hydrogen (secondary N) is 1. The number of amides is 1. The van der Waals surface area contributed by atoms with Crippen LogP contribution < -0.4 is 10.1 Å². The maximum absolute atomic E-state index is 13.1. The van der Waals surface area contributed by atoms with Gasteiger partial charge in [-0.1, -0.05) is 24.9 Å². The normalized spacial score (nSPS) is 11.5. The van der Waals surface area contributed by atoms with E-state index in [1.165, 1.54) is 19.2 Å². The number of hydrogen-bond acceptors (Lipinski definition) is 6. The largest absolute Gasteiger partial charge is 0.493 e. The van der Waals surface area contributed by atoms with Gasteiger partial charge in [-0.15, -0.1) is 0 Å². The molecule has 0 bridgehead atoms. The average Bonchev–Trinajstić information content (AvgIpc) is 3.19. The first-order chi connectivity index (χ1) is 15.3. The van der Waals surface area contributed by atoms with Gasteiger partial charge in [0.1, 0.15) is 5.75 Å².